The molecular formula is C32H29F3N4O3. The zero-order chi connectivity index (χ0) is 30.1. The molecule has 0 fully saturated rings. The van der Waals surface area contributed by atoms with Gasteiger partial charge in [-0.2, -0.15) is 0 Å². The molecule has 0 saturated heterocycles. The van der Waals surface area contributed by atoms with E-state index in [4.69, 9.17) is 5.73 Å². The van der Waals surface area contributed by atoms with Crippen LogP contribution in [0.4, 0.5) is 13.2 Å². The second-order valence-corrected chi connectivity index (χ2v) is 10.7. The Labute approximate surface area is 240 Å². The average Bonchev–Trinajstić information content (AvgIpc) is 3.26. The first-order valence-electron chi connectivity index (χ1n) is 13.5. The first kappa shape index (κ1) is 28.8. The van der Waals surface area contributed by atoms with Crippen molar-refractivity contribution in [3.63, 3.8) is 0 Å². The molecule has 2 aromatic carbocycles. The Hall–Kier alpha value is -4.73. The number of rotatable bonds is 8. The highest BCUT2D eigenvalue weighted by atomic mass is 19.1. The van der Waals surface area contributed by atoms with Gasteiger partial charge >= 0.3 is 0 Å². The summed E-state index contributed by atoms with van der Waals surface area (Å²) in [5.41, 5.74) is 9.07. The molecule has 42 heavy (non-hydrogen) atoms. The minimum atomic E-state index is -0.953. The Morgan fingerprint density at radius 2 is 1.86 bits per heavy atom. The Balaban J connectivity index is 1.51. The molecule has 7 nitrogen and oxygen atoms in total. The van der Waals surface area contributed by atoms with Crippen molar-refractivity contribution in [3.8, 4) is 11.1 Å². The van der Waals surface area contributed by atoms with Crippen LogP contribution >= 0.6 is 0 Å². The number of benzene rings is 2. The number of nitrogens with two attached hydrogens (primary N) is 1. The number of pyridine rings is 1. The fourth-order valence-electron chi connectivity index (χ4n) is 5.74. The van der Waals surface area contributed by atoms with Gasteiger partial charge in [0.2, 0.25) is 11.8 Å². The monoisotopic (exact) mass is 574 g/mol. The summed E-state index contributed by atoms with van der Waals surface area (Å²) in [6, 6.07) is 9.31. The molecule has 2 aliphatic rings. The van der Waals surface area contributed by atoms with Gasteiger partial charge in [-0.15, -0.1) is 0 Å². The number of amides is 3. The van der Waals surface area contributed by atoms with Crippen LogP contribution in [0.25, 0.3) is 11.1 Å². The highest BCUT2D eigenvalue weighted by Gasteiger charge is 2.39. The fourth-order valence-corrected chi connectivity index (χ4v) is 5.74. The Morgan fingerprint density at radius 3 is 2.57 bits per heavy atom. The zero-order valence-corrected chi connectivity index (χ0v) is 23.0. The Kier molecular flexibility index (Phi) is 7.98. The first-order valence-corrected chi connectivity index (χ1v) is 13.5. The number of allylic oxidation sites excluding steroid dienone is 2. The van der Waals surface area contributed by atoms with Gasteiger partial charge in [0.1, 0.15) is 17.5 Å². The van der Waals surface area contributed by atoms with Gasteiger partial charge in [0.15, 0.2) is 0 Å². The van der Waals surface area contributed by atoms with E-state index < -0.39 is 41.2 Å². The van der Waals surface area contributed by atoms with Crippen molar-refractivity contribution in [2.24, 2.45) is 17.6 Å². The predicted molar refractivity (Wildman–Crippen MR) is 150 cm³/mol. The van der Waals surface area contributed by atoms with E-state index in [0.717, 1.165) is 47.5 Å². The Morgan fingerprint density at radius 1 is 1.12 bits per heavy atom. The van der Waals surface area contributed by atoms with Crippen LogP contribution < -0.4 is 16.4 Å². The molecule has 1 aliphatic carbocycles. The van der Waals surface area contributed by atoms with Gasteiger partial charge in [-0.1, -0.05) is 25.1 Å². The maximum atomic E-state index is 14.2. The lowest BCUT2D eigenvalue weighted by molar-refractivity contribution is -0.128. The molecular weight excluding hydrogens is 545 g/mol. The molecule has 1 aromatic heterocycles. The summed E-state index contributed by atoms with van der Waals surface area (Å²) < 4.78 is 42.5. The van der Waals surface area contributed by atoms with Crippen LogP contribution in [0.3, 0.4) is 0 Å². The number of nitrogens with one attached hydrogen (secondary N) is 2. The van der Waals surface area contributed by atoms with Crippen LogP contribution in [0.2, 0.25) is 0 Å². The Bertz CT molecular complexity index is 1650. The third-order valence-corrected chi connectivity index (χ3v) is 7.73. The lowest BCUT2D eigenvalue weighted by Crippen LogP contribution is -2.34. The van der Waals surface area contributed by atoms with Gasteiger partial charge in [0.05, 0.1) is 23.2 Å². The number of hydrogen-bond donors (Lipinski definition) is 3. The van der Waals surface area contributed by atoms with Crippen LogP contribution in [-0.2, 0) is 16.0 Å². The molecule has 1 aliphatic heterocycles. The van der Waals surface area contributed by atoms with Gasteiger partial charge in [0.25, 0.3) is 5.91 Å². The number of nitrogens with zero attached hydrogens (tertiary/aromatic N) is 1. The van der Waals surface area contributed by atoms with Crippen molar-refractivity contribution >= 4 is 17.7 Å². The van der Waals surface area contributed by atoms with Crippen molar-refractivity contribution < 1.29 is 27.6 Å². The number of hydrogen-bond acceptors (Lipinski definition) is 4. The normalized spacial score (nSPS) is 18.7. The summed E-state index contributed by atoms with van der Waals surface area (Å²) in [4.78, 5) is 42.7. The van der Waals surface area contributed by atoms with Crippen LogP contribution in [0, 0.1) is 29.3 Å². The van der Waals surface area contributed by atoms with E-state index in [1.165, 1.54) is 18.3 Å². The number of primary amides is 1. The predicted octanol–water partition coefficient (Wildman–Crippen LogP) is 5.04. The van der Waals surface area contributed by atoms with Gasteiger partial charge in [-0.05, 0) is 78.3 Å². The molecule has 3 amide bonds. The SMILES string of the molecule is CC1=CCC(C)C2=C1NC(=O)C2CC(=O)N[C@@H](Cc1cc(F)cc(F)c1)c1ncccc1-c1ccc(F)c(C(N)=O)c1. The molecule has 2 heterocycles. The number of aromatic nitrogens is 1. The molecule has 216 valence electrons. The summed E-state index contributed by atoms with van der Waals surface area (Å²) in [6.45, 7) is 3.92. The topological polar surface area (TPSA) is 114 Å². The fraction of sp³-hybridized carbons (Fsp3) is 0.250. The third-order valence-electron chi connectivity index (χ3n) is 7.73. The second kappa shape index (κ2) is 11.6. The molecule has 3 atom stereocenters. The molecule has 10 heteroatoms. The van der Waals surface area contributed by atoms with E-state index in [1.54, 1.807) is 12.1 Å². The van der Waals surface area contributed by atoms with Crippen LogP contribution in [0.1, 0.15) is 54.3 Å². The lowest BCUT2D eigenvalue weighted by atomic mass is 9.81. The summed E-state index contributed by atoms with van der Waals surface area (Å²) in [5, 5.41) is 5.83. The maximum absolute atomic E-state index is 14.2. The van der Waals surface area contributed by atoms with Crippen LogP contribution in [-0.4, -0.2) is 22.7 Å². The zero-order valence-electron chi connectivity index (χ0n) is 23.0. The molecule has 3 aromatic rings. The number of carbonyl (C=O) groups excluding carboxylic acids is 3. The van der Waals surface area contributed by atoms with Gasteiger partial charge in [-0.25, -0.2) is 13.2 Å². The van der Waals surface area contributed by atoms with Gasteiger partial charge in [0, 0.05) is 29.9 Å². The smallest absolute Gasteiger partial charge is 0.251 e. The minimum absolute atomic E-state index is 0.0443. The molecule has 4 N–H and O–H groups in total. The quantitative estimate of drug-likeness (QED) is 0.350. The highest BCUT2D eigenvalue weighted by molar-refractivity contribution is 5.95. The highest BCUT2D eigenvalue weighted by Crippen LogP contribution is 2.39. The van der Waals surface area contributed by atoms with Crippen molar-refractivity contribution in [3.05, 3.63) is 112 Å². The minimum Gasteiger partial charge on any atom is -0.366 e. The summed E-state index contributed by atoms with van der Waals surface area (Å²) in [5.74, 6) is -4.61. The third kappa shape index (κ3) is 5.83. The molecule has 2 unspecified atom stereocenters. The van der Waals surface area contributed by atoms with Gasteiger partial charge in [-0.3, -0.25) is 19.4 Å². The lowest BCUT2D eigenvalue weighted by Gasteiger charge is -2.24. The first-order chi connectivity index (χ1) is 20.0. The standard InChI is InChI=1S/C32H29F3N4O3/c1-16-5-6-17(2)29-28(16)24(32(42)39-29)15-27(40)38-26(12-18-10-20(33)14-21(34)11-18)30-22(4-3-9-37-30)19-7-8-25(35)23(13-19)31(36)41/h3-4,6-11,13-14,16,24,26H,5,12,15H2,1-2H3,(H2,36,41)(H,38,40)(H,39,42)/t16?,24?,26-/m0/s1. The number of carbonyl (C=O) groups is 3. The second-order valence-electron chi connectivity index (χ2n) is 10.7. The maximum Gasteiger partial charge on any atom is 0.251 e. The van der Waals surface area contributed by atoms with E-state index >= 15 is 0 Å². The summed E-state index contributed by atoms with van der Waals surface area (Å²) in [6.07, 6.45) is 4.12. The summed E-state index contributed by atoms with van der Waals surface area (Å²) in [7, 11) is 0. The molecule has 5 rings (SSSR count). The van der Waals surface area contributed by atoms with Crippen LogP contribution in [0.15, 0.2) is 77.6 Å². The van der Waals surface area contributed by atoms with Crippen molar-refractivity contribution in [2.45, 2.75) is 39.2 Å². The average molecular weight is 575 g/mol. The van der Waals surface area contributed by atoms with E-state index in [-0.39, 0.29) is 35.8 Å². The van der Waals surface area contributed by atoms with Crippen molar-refractivity contribution in [1.29, 1.82) is 0 Å². The molecule has 0 radical (unpaired) electrons. The molecule has 0 saturated carbocycles. The molecule has 0 spiro atoms. The van der Waals surface area contributed by atoms with E-state index in [0.29, 0.717) is 16.8 Å². The van der Waals surface area contributed by atoms with E-state index in [9.17, 15) is 27.6 Å². The van der Waals surface area contributed by atoms with E-state index in [2.05, 4.69) is 21.7 Å². The van der Waals surface area contributed by atoms with Crippen LogP contribution in [0.5, 0.6) is 0 Å². The van der Waals surface area contributed by atoms with Crippen molar-refractivity contribution in [2.75, 3.05) is 0 Å². The van der Waals surface area contributed by atoms with Crippen molar-refractivity contribution in [1.82, 2.24) is 15.6 Å². The largest absolute Gasteiger partial charge is 0.366 e. The summed E-state index contributed by atoms with van der Waals surface area (Å²) >= 11 is 0. The number of halogens is 3. The van der Waals surface area contributed by atoms with Gasteiger partial charge < -0.3 is 16.4 Å². The molecule has 0 bridgehead atoms. The van der Waals surface area contributed by atoms with E-state index in [1.807, 2.05) is 13.8 Å².